The van der Waals surface area contributed by atoms with Crippen LogP contribution in [0.5, 0.6) is 5.75 Å². The Hall–Kier alpha value is -0.790. The van der Waals surface area contributed by atoms with Crippen molar-refractivity contribution in [1.82, 2.24) is 0 Å². The summed E-state index contributed by atoms with van der Waals surface area (Å²) in [6, 6.07) is 7.29. The number of anilines is 1. The number of hydrogen-bond donors (Lipinski definition) is 3. The fourth-order valence-corrected chi connectivity index (χ4v) is 2.48. The quantitative estimate of drug-likeness (QED) is 0.482. The SMILES string of the molecule is CNc1ccc(S(=O)(=O)O)c2cccc(O)c12.[H-].[Na+]. The average molecular weight is 277 g/mol. The molecule has 2 rings (SSSR count). The van der Waals surface area contributed by atoms with E-state index in [0.717, 1.165) is 0 Å². The molecule has 5 nitrogen and oxygen atoms in total. The molecule has 3 N–H and O–H groups in total. The van der Waals surface area contributed by atoms with Crippen LogP contribution in [0.15, 0.2) is 35.2 Å². The summed E-state index contributed by atoms with van der Waals surface area (Å²) in [7, 11) is -2.65. The molecule has 0 fully saturated rings. The van der Waals surface area contributed by atoms with Gasteiger partial charge in [-0.2, -0.15) is 8.42 Å². The molecule has 0 amide bonds. The minimum Gasteiger partial charge on any atom is -1.00 e. The number of benzene rings is 2. The molecule has 2 aromatic carbocycles. The molecule has 0 spiro atoms. The van der Waals surface area contributed by atoms with Crippen molar-refractivity contribution in [3.05, 3.63) is 30.3 Å². The molecular formula is C11H12NNaO4S. The van der Waals surface area contributed by atoms with Gasteiger partial charge in [0.05, 0.1) is 0 Å². The Morgan fingerprint density at radius 3 is 2.44 bits per heavy atom. The van der Waals surface area contributed by atoms with Crippen molar-refractivity contribution in [2.45, 2.75) is 4.90 Å². The Morgan fingerprint density at radius 2 is 1.89 bits per heavy atom. The second-order valence-electron chi connectivity index (χ2n) is 3.54. The smallest absolute Gasteiger partial charge is 1.00 e. The van der Waals surface area contributed by atoms with Crippen molar-refractivity contribution in [3.63, 3.8) is 0 Å². The molecular weight excluding hydrogens is 265 g/mol. The molecule has 0 saturated heterocycles. The number of fused-ring (bicyclic) bond motifs is 1. The number of aromatic hydroxyl groups is 1. The summed E-state index contributed by atoms with van der Waals surface area (Å²) in [4.78, 5) is -0.220. The molecule has 0 bridgehead atoms. The van der Waals surface area contributed by atoms with Gasteiger partial charge in [-0.25, -0.2) is 0 Å². The van der Waals surface area contributed by atoms with E-state index < -0.39 is 10.1 Å². The summed E-state index contributed by atoms with van der Waals surface area (Å²) in [5, 5.41) is 13.3. The molecule has 92 valence electrons. The third-order valence-corrected chi connectivity index (χ3v) is 3.44. The van der Waals surface area contributed by atoms with Gasteiger partial charge in [0.1, 0.15) is 10.6 Å². The number of phenolic OH excluding ortho intramolecular Hbond substituents is 1. The number of phenols is 1. The molecule has 0 atom stereocenters. The van der Waals surface area contributed by atoms with Gasteiger partial charge in [0.2, 0.25) is 0 Å². The van der Waals surface area contributed by atoms with Crippen LogP contribution in [0.1, 0.15) is 1.43 Å². The summed E-state index contributed by atoms with van der Waals surface area (Å²) < 4.78 is 31.5. The van der Waals surface area contributed by atoms with E-state index >= 15 is 0 Å². The predicted molar refractivity (Wildman–Crippen MR) is 66.1 cm³/mol. The van der Waals surface area contributed by atoms with Crippen LogP contribution in [0.2, 0.25) is 0 Å². The van der Waals surface area contributed by atoms with Crippen molar-refractivity contribution in [2.24, 2.45) is 0 Å². The van der Waals surface area contributed by atoms with Crippen LogP contribution in [0.4, 0.5) is 5.69 Å². The number of rotatable bonds is 2. The summed E-state index contributed by atoms with van der Waals surface area (Å²) in [5.74, 6) is -0.0441. The van der Waals surface area contributed by atoms with Crippen LogP contribution < -0.4 is 34.9 Å². The van der Waals surface area contributed by atoms with Gasteiger partial charge in [-0.3, -0.25) is 4.55 Å². The van der Waals surface area contributed by atoms with Crippen LogP contribution in [0.25, 0.3) is 10.8 Å². The zero-order chi connectivity index (χ0) is 12.6. The van der Waals surface area contributed by atoms with E-state index in [1.807, 2.05) is 0 Å². The normalized spacial score (nSPS) is 11.0. The van der Waals surface area contributed by atoms with Crippen molar-refractivity contribution >= 4 is 26.6 Å². The maximum absolute atomic E-state index is 11.2. The van der Waals surface area contributed by atoms with Crippen LogP contribution in [0, 0.1) is 0 Å². The molecule has 0 saturated carbocycles. The topological polar surface area (TPSA) is 86.6 Å². The van der Waals surface area contributed by atoms with Gasteiger partial charge in [-0.15, -0.1) is 0 Å². The van der Waals surface area contributed by atoms with Crippen molar-refractivity contribution in [1.29, 1.82) is 0 Å². The molecule has 0 unspecified atom stereocenters. The first-order valence-corrected chi connectivity index (χ1v) is 6.29. The largest absolute Gasteiger partial charge is 1.00 e. The molecule has 0 aliphatic carbocycles. The molecule has 2 aromatic rings. The van der Waals surface area contributed by atoms with Gasteiger partial charge in [0.15, 0.2) is 0 Å². The van der Waals surface area contributed by atoms with E-state index in [4.69, 9.17) is 4.55 Å². The first-order valence-electron chi connectivity index (χ1n) is 4.85. The Balaban J connectivity index is 0.00000162. The average Bonchev–Trinajstić information content (AvgIpc) is 2.26. The minimum atomic E-state index is -4.31. The fraction of sp³-hybridized carbons (Fsp3) is 0.0909. The Labute approximate surface area is 128 Å². The van der Waals surface area contributed by atoms with Crippen molar-refractivity contribution in [2.75, 3.05) is 12.4 Å². The van der Waals surface area contributed by atoms with Crippen LogP contribution in [0.3, 0.4) is 0 Å². The Bertz CT molecular complexity index is 690. The Morgan fingerprint density at radius 1 is 1.22 bits per heavy atom. The molecule has 7 heteroatoms. The number of nitrogens with one attached hydrogen (secondary N) is 1. The van der Waals surface area contributed by atoms with Crippen LogP contribution in [-0.4, -0.2) is 25.1 Å². The van der Waals surface area contributed by atoms with Gasteiger partial charge in [-0.05, 0) is 18.2 Å². The molecule has 0 aromatic heterocycles. The second kappa shape index (κ2) is 5.46. The van der Waals surface area contributed by atoms with Crippen molar-refractivity contribution < 1.29 is 49.1 Å². The molecule has 0 heterocycles. The van der Waals surface area contributed by atoms with Crippen LogP contribution in [-0.2, 0) is 10.1 Å². The molecule has 0 aliphatic heterocycles. The first-order chi connectivity index (χ1) is 7.95. The van der Waals surface area contributed by atoms with Gasteiger partial charge in [-0.1, -0.05) is 12.1 Å². The zero-order valence-electron chi connectivity index (χ0n) is 11.0. The Kier molecular flexibility index (Phi) is 4.63. The minimum absolute atomic E-state index is 0. The third-order valence-electron chi connectivity index (χ3n) is 2.53. The summed E-state index contributed by atoms with van der Waals surface area (Å²) >= 11 is 0. The van der Waals surface area contributed by atoms with E-state index in [1.54, 1.807) is 7.05 Å². The number of hydrogen-bond acceptors (Lipinski definition) is 4. The maximum Gasteiger partial charge on any atom is 1.00 e. The van der Waals surface area contributed by atoms with E-state index in [2.05, 4.69) is 5.32 Å². The summed E-state index contributed by atoms with van der Waals surface area (Å²) in [6.07, 6.45) is 0. The maximum atomic E-state index is 11.2. The van der Waals surface area contributed by atoms with Gasteiger partial charge in [0, 0.05) is 23.5 Å². The molecule has 0 radical (unpaired) electrons. The molecule has 18 heavy (non-hydrogen) atoms. The fourth-order valence-electron chi connectivity index (χ4n) is 1.79. The predicted octanol–water partition coefficient (Wildman–Crippen LogP) is -1.05. The van der Waals surface area contributed by atoms with Gasteiger partial charge in [0.25, 0.3) is 10.1 Å². The van der Waals surface area contributed by atoms with E-state index in [9.17, 15) is 13.5 Å². The first kappa shape index (κ1) is 15.3. The van der Waals surface area contributed by atoms with Crippen molar-refractivity contribution in [3.8, 4) is 5.75 Å². The zero-order valence-corrected chi connectivity index (χ0v) is 12.8. The van der Waals surface area contributed by atoms with E-state index in [1.165, 1.54) is 30.3 Å². The monoisotopic (exact) mass is 277 g/mol. The second-order valence-corrected chi connectivity index (χ2v) is 4.93. The van der Waals surface area contributed by atoms with Gasteiger partial charge < -0.3 is 11.8 Å². The van der Waals surface area contributed by atoms with E-state index in [0.29, 0.717) is 11.1 Å². The van der Waals surface area contributed by atoms with E-state index in [-0.39, 0.29) is 47.0 Å². The van der Waals surface area contributed by atoms with Gasteiger partial charge >= 0.3 is 29.6 Å². The molecule has 0 aliphatic rings. The standard InChI is InChI=1S/C11H11NO4S.Na.H/c1-12-8-5-6-10(17(14,15)16)7-3-2-4-9(13)11(7)8;;/h2-6,12-13H,1H3,(H,14,15,16);;/q;+1;-1. The third kappa shape index (κ3) is 2.62. The summed E-state index contributed by atoms with van der Waals surface area (Å²) in [6.45, 7) is 0. The van der Waals surface area contributed by atoms with Crippen LogP contribution >= 0.6 is 0 Å². The summed E-state index contributed by atoms with van der Waals surface area (Å²) in [5.41, 5.74) is 0.588.